The molecule has 2 N–H and O–H groups in total. The number of carboxylic acids is 1. The lowest BCUT2D eigenvalue weighted by Crippen LogP contribution is -2.34. The third-order valence-electron chi connectivity index (χ3n) is 4.11. The Morgan fingerprint density at radius 3 is 2.68 bits per heavy atom. The predicted octanol–water partition coefficient (Wildman–Crippen LogP) is 1.71. The molecule has 0 aromatic heterocycles. The SMILES string of the molecule is O=C(CCC1CCCCO1)N[C@H]1CC[C@@H](C(=O)O)C1. The largest absolute Gasteiger partial charge is 0.481 e. The Kier molecular flexibility index (Phi) is 5.19. The van der Waals surface area contributed by atoms with Gasteiger partial charge in [-0.3, -0.25) is 9.59 Å². The van der Waals surface area contributed by atoms with Gasteiger partial charge in [0.2, 0.25) is 5.91 Å². The van der Waals surface area contributed by atoms with Gasteiger partial charge in [-0.2, -0.15) is 0 Å². The fourth-order valence-corrected chi connectivity index (χ4v) is 2.96. The zero-order valence-electron chi connectivity index (χ0n) is 11.3. The van der Waals surface area contributed by atoms with Crippen molar-refractivity contribution in [3.05, 3.63) is 0 Å². The second-order valence-electron chi connectivity index (χ2n) is 5.64. The fraction of sp³-hybridized carbons (Fsp3) is 0.857. The van der Waals surface area contributed by atoms with E-state index in [0.717, 1.165) is 32.3 Å². The van der Waals surface area contributed by atoms with Gasteiger partial charge in [-0.05, 0) is 44.9 Å². The molecule has 0 aromatic carbocycles. The summed E-state index contributed by atoms with van der Waals surface area (Å²) in [5, 5.41) is 11.9. The van der Waals surface area contributed by atoms with Crippen molar-refractivity contribution in [2.24, 2.45) is 5.92 Å². The van der Waals surface area contributed by atoms with Gasteiger partial charge >= 0.3 is 5.97 Å². The summed E-state index contributed by atoms with van der Waals surface area (Å²) < 4.78 is 5.59. The van der Waals surface area contributed by atoms with Crippen molar-refractivity contribution < 1.29 is 19.4 Å². The number of ether oxygens (including phenoxy) is 1. The van der Waals surface area contributed by atoms with E-state index in [1.54, 1.807) is 0 Å². The summed E-state index contributed by atoms with van der Waals surface area (Å²) in [5.74, 6) is -0.996. The highest BCUT2D eigenvalue weighted by molar-refractivity contribution is 5.76. The molecule has 2 fully saturated rings. The van der Waals surface area contributed by atoms with Crippen molar-refractivity contribution in [2.45, 2.75) is 63.5 Å². The van der Waals surface area contributed by atoms with E-state index in [1.165, 1.54) is 6.42 Å². The average molecular weight is 269 g/mol. The molecule has 1 heterocycles. The van der Waals surface area contributed by atoms with Gasteiger partial charge in [-0.15, -0.1) is 0 Å². The van der Waals surface area contributed by atoms with Crippen molar-refractivity contribution in [1.29, 1.82) is 0 Å². The predicted molar refractivity (Wildman–Crippen MR) is 69.7 cm³/mol. The number of rotatable bonds is 5. The number of hydrogen-bond acceptors (Lipinski definition) is 3. The van der Waals surface area contributed by atoms with Crippen LogP contribution in [0.1, 0.15) is 51.4 Å². The maximum absolute atomic E-state index is 11.8. The molecule has 1 aliphatic heterocycles. The highest BCUT2D eigenvalue weighted by Crippen LogP contribution is 2.25. The third-order valence-corrected chi connectivity index (χ3v) is 4.11. The number of hydrogen-bond donors (Lipinski definition) is 2. The Bertz CT molecular complexity index is 325. The molecular formula is C14H23NO4. The first-order valence-electron chi connectivity index (χ1n) is 7.29. The smallest absolute Gasteiger partial charge is 0.306 e. The summed E-state index contributed by atoms with van der Waals surface area (Å²) in [4.78, 5) is 22.6. The zero-order chi connectivity index (χ0) is 13.7. The molecule has 1 aliphatic carbocycles. The van der Waals surface area contributed by atoms with E-state index in [2.05, 4.69) is 5.32 Å². The lowest BCUT2D eigenvalue weighted by molar-refractivity contribution is -0.141. The molecule has 3 atom stereocenters. The van der Waals surface area contributed by atoms with E-state index < -0.39 is 5.97 Å². The van der Waals surface area contributed by atoms with Crippen LogP contribution in [0.3, 0.4) is 0 Å². The Balaban J connectivity index is 1.63. The Morgan fingerprint density at radius 2 is 2.05 bits per heavy atom. The van der Waals surface area contributed by atoms with Crippen molar-refractivity contribution in [3.63, 3.8) is 0 Å². The topological polar surface area (TPSA) is 75.6 Å². The summed E-state index contributed by atoms with van der Waals surface area (Å²) in [6, 6.07) is 0.0425. The zero-order valence-corrected chi connectivity index (χ0v) is 11.3. The Labute approximate surface area is 113 Å². The minimum Gasteiger partial charge on any atom is -0.481 e. The van der Waals surface area contributed by atoms with Crippen molar-refractivity contribution in [3.8, 4) is 0 Å². The van der Waals surface area contributed by atoms with E-state index in [-0.39, 0.29) is 24.0 Å². The lowest BCUT2D eigenvalue weighted by atomic mass is 10.0. The standard InChI is InChI=1S/C14H23NO4/c16-13(7-6-12-3-1-2-8-19-12)15-11-5-4-10(9-11)14(17)18/h10-12H,1-9H2,(H,15,16)(H,17,18)/t10-,11+,12?/m1/s1. The molecule has 5 nitrogen and oxygen atoms in total. The van der Waals surface area contributed by atoms with Crippen LogP contribution in [-0.2, 0) is 14.3 Å². The van der Waals surface area contributed by atoms with Gasteiger partial charge in [0.25, 0.3) is 0 Å². The molecule has 19 heavy (non-hydrogen) atoms. The van der Waals surface area contributed by atoms with E-state index in [4.69, 9.17) is 9.84 Å². The number of carbonyl (C=O) groups is 2. The van der Waals surface area contributed by atoms with E-state index >= 15 is 0 Å². The van der Waals surface area contributed by atoms with Crippen LogP contribution in [0, 0.1) is 5.92 Å². The maximum Gasteiger partial charge on any atom is 0.306 e. The van der Waals surface area contributed by atoms with Crippen LogP contribution in [0.25, 0.3) is 0 Å². The lowest BCUT2D eigenvalue weighted by Gasteiger charge is -2.22. The average Bonchev–Trinajstić information content (AvgIpc) is 2.86. The molecule has 0 aromatic rings. The van der Waals surface area contributed by atoms with Gasteiger partial charge in [0.15, 0.2) is 0 Å². The summed E-state index contributed by atoms with van der Waals surface area (Å²) in [6.07, 6.45) is 6.89. The fourth-order valence-electron chi connectivity index (χ4n) is 2.96. The van der Waals surface area contributed by atoms with Gasteiger partial charge in [0.1, 0.15) is 0 Å². The molecule has 2 rings (SSSR count). The highest BCUT2D eigenvalue weighted by atomic mass is 16.5. The normalized spacial score (nSPS) is 31.1. The van der Waals surface area contributed by atoms with Crippen molar-refractivity contribution in [2.75, 3.05) is 6.61 Å². The van der Waals surface area contributed by atoms with E-state index in [0.29, 0.717) is 19.3 Å². The van der Waals surface area contributed by atoms with E-state index in [1.807, 2.05) is 0 Å². The van der Waals surface area contributed by atoms with Crippen LogP contribution in [-0.4, -0.2) is 35.7 Å². The van der Waals surface area contributed by atoms with Crippen molar-refractivity contribution >= 4 is 11.9 Å². The molecular weight excluding hydrogens is 246 g/mol. The molecule has 1 saturated carbocycles. The Hall–Kier alpha value is -1.10. The second kappa shape index (κ2) is 6.89. The van der Waals surface area contributed by atoms with Crippen LogP contribution in [0.5, 0.6) is 0 Å². The summed E-state index contributed by atoms with van der Waals surface area (Å²) in [7, 11) is 0. The molecule has 1 amide bonds. The highest BCUT2D eigenvalue weighted by Gasteiger charge is 2.30. The molecule has 0 radical (unpaired) electrons. The van der Waals surface area contributed by atoms with Crippen LogP contribution >= 0.6 is 0 Å². The van der Waals surface area contributed by atoms with Gasteiger partial charge in [0, 0.05) is 19.1 Å². The first-order valence-corrected chi connectivity index (χ1v) is 7.29. The molecule has 0 bridgehead atoms. The first kappa shape index (κ1) is 14.3. The molecule has 5 heteroatoms. The van der Waals surface area contributed by atoms with Crippen LogP contribution in [0.4, 0.5) is 0 Å². The Morgan fingerprint density at radius 1 is 1.21 bits per heavy atom. The van der Waals surface area contributed by atoms with Crippen molar-refractivity contribution in [1.82, 2.24) is 5.32 Å². The summed E-state index contributed by atoms with van der Waals surface area (Å²) >= 11 is 0. The third kappa shape index (κ3) is 4.49. The summed E-state index contributed by atoms with van der Waals surface area (Å²) in [5.41, 5.74) is 0. The second-order valence-corrected chi connectivity index (χ2v) is 5.64. The van der Waals surface area contributed by atoms with Gasteiger partial charge < -0.3 is 15.2 Å². The van der Waals surface area contributed by atoms with Crippen LogP contribution < -0.4 is 5.32 Å². The maximum atomic E-state index is 11.8. The van der Waals surface area contributed by atoms with Gasteiger partial charge in [-0.25, -0.2) is 0 Å². The minimum absolute atomic E-state index is 0.0326. The minimum atomic E-state index is -0.743. The molecule has 1 saturated heterocycles. The van der Waals surface area contributed by atoms with Crippen LogP contribution in [0.15, 0.2) is 0 Å². The number of nitrogens with one attached hydrogen (secondary N) is 1. The van der Waals surface area contributed by atoms with Crippen LogP contribution in [0.2, 0.25) is 0 Å². The van der Waals surface area contributed by atoms with E-state index in [9.17, 15) is 9.59 Å². The summed E-state index contributed by atoms with van der Waals surface area (Å²) in [6.45, 7) is 0.815. The number of aliphatic carboxylic acids is 1. The number of amides is 1. The first-order chi connectivity index (χ1) is 9.15. The molecule has 0 spiro atoms. The monoisotopic (exact) mass is 269 g/mol. The molecule has 2 aliphatic rings. The number of carboxylic acid groups (broad SMARTS) is 1. The number of carbonyl (C=O) groups excluding carboxylic acids is 1. The molecule has 108 valence electrons. The molecule has 1 unspecified atom stereocenters. The van der Waals surface area contributed by atoms with Gasteiger partial charge in [-0.1, -0.05) is 0 Å². The quantitative estimate of drug-likeness (QED) is 0.796. The van der Waals surface area contributed by atoms with Gasteiger partial charge in [0.05, 0.1) is 12.0 Å².